The molecule has 0 atom stereocenters. The SMILES string of the molecule is CC(C)(C)Oc1ccc([S+](c2ccc(OCc3ccncc3)cc2)c2ccc(OCc3ccncc3)cc2)cc1.CC(C)(C)c1ccc(S(=O)(=O)[O-])cc1. The second-order valence-electron chi connectivity index (χ2n) is 14.5. The molecule has 0 unspecified atom stereocenters. The van der Waals surface area contributed by atoms with Gasteiger partial charge in [-0.05, 0) is 152 Å². The van der Waals surface area contributed by atoms with Crippen LogP contribution in [-0.2, 0) is 39.6 Å². The summed E-state index contributed by atoms with van der Waals surface area (Å²) in [6, 6.07) is 39.1. The van der Waals surface area contributed by atoms with Gasteiger partial charge in [-0.2, -0.15) is 0 Å². The Labute approximate surface area is 322 Å². The first-order valence-electron chi connectivity index (χ1n) is 17.5. The highest BCUT2D eigenvalue weighted by atomic mass is 32.2. The first-order chi connectivity index (χ1) is 25.6. The molecule has 0 spiro atoms. The van der Waals surface area contributed by atoms with Crippen molar-refractivity contribution in [3.8, 4) is 17.2 Å². The smallest absolute Gasteiger partial charge is 0.166 e. The standard InChI is InChI=1S/C34H33N2O3S.C10H14O3S/c1-34(2,3)39-30-8-14-33(15-9-30)40(31-10-4-28(5-11-31)37-24-26-16-20-35-21-17-26)32-12-6-29(7-13-32)38-25-27-18-22-36-23-19-27;1-10(2,3)8-4-6-9(7-5-8)14(11,12)13/h4-23H,24-25H2,1-3H3;4-7H,1-3H3,(H,11,12,13)/q+1;/p-1. The zero-order valence-electron chi connectivity index (χ0n) is 31.4. The molecule has 6 rings (SSSR count). The largest absolute Gasteiger partial charge is 0.744 e. The molecular formula is C44H46N2O6S2. The second-order valence-corrected chi connectivity index (χ2v) is 17.9. The van der Waals surface area contributed by atoms with Crippen LogP contribution in [0.15, 0.2) is 166 Å². The number of ether oxygens (including phenoxy) is 3. The highest BCUT2D eigenvalue weighted by Gasteiger charge is 2.29. The van der Waals surface area contributed by atoms with Gasteiger partial charge in [0.15, 0.2) is 14.7 Å². The lowest BCUT2D eigenvalue weighted by atomic mass is 9.87. The summed E-state index contributed by atoms with van der Waals surface area (Å²) in [7, 11) is -4.64. The molecule has 2 aromatic heterocycles. The molecule has 0 aliphatic heterocycles. The quantitative estimate of drug-likeness (QED) is 0.0948. The van der Waals surface area contributed by atoms with Crippen LogP contribution in [-0.4, -0.2) is 28.5 Å². The van der Waals surface area contributed by atoms with E-state index >= 15 is 0 Å². The monoisotopic (exact) mass is 762 g/mol. The van der Waals surface area contributed by atoms with Gasteiger partial charge >= 0.3 is 0 Å². The van der Waals surface area contributed by atoms with Crippen molar-refractivity contribution in [1.29, 1.82) is 0 Å². The third-order valence-corrected chi connectivity index (χ3v) is 11.0. The van der Waals surface area contributed by atoms with Gasteiger partial charge in [-0.15, -0.1) is 0 Å². The molecular weight excluding hydrogens is 717 g/mol. The minimum absolute atomic E-state index is 0.0365. The first kappa shape index (κ1) is 40.0. The Morgan fingerprint density at radius 2 is 0.907 bits per heavy atom. The van der Waals surface area contributed by atoms with E-state index in [9.17, 15) is 13.0 Å². The van der Waals surface area contributed by atoms with Crippen LogP contribution in [0.3, 0.4) is 0 Å². The summed E-state index contributed by atoms with van der Waals surface area (Å²) < 4.78 is 50.0. The maximum Gasteiger partial charge on any atom is 0.166 e. The van der Waals surface area contributed by atoms with Crippen LogP contribution in [0.2, 0.25) is 0 Å². The predicted octanol–water partition coefficient (Wildman–Crippen LogP) is 9.80. The van der Waals surface area contributed by atoms with Crippen LogP contribution in [0.5, 0.6) is 17.2 Å². The number of benzene rings is 4. The van der Waals surface area contributed by atoms with E-state index < -0.39 is 10.1 Å². The van der Waals surface area contributed by atoms with Gasteiger partial charge in [-0.1, -0.05) is 32.9 Å². The van der Waals surface area contributed by atoms with Crippen LogP contribution < -0.4 is 14.2 Å². The summed E-state index contributed by atoms with van der Waals surface area (Å²) in [4.78, 5) is 11.6. The van der Waals surface area contributed by atoms with E-state index in [1.54, 1.807) is 36.9 Å². The molecule has 0 bridgehead atoms. The number of nitrogens with zero attached hydrogens (tertiary/aromatic N) is 2. The molecule has 280 valence electrons. The van der Waals surface area contributed by atoms with E-state index in [0.29, 0.717) is 13.2 Å². The van der Waals surface area contributed by atoms with Gasteiger partial charge in [0.1, 0.15) is 46.2 Å². The lowest BCUT2D eigenvalue weighted by molar-refractivity contribution is 0.131. The van der Waals surface area contributed by atoms with Crippen molar-refractivity contribution in [3.05, 3.63) is 163 Å². The molecule has 54 heavy (non-hydrogen) atoms. The first-order valence-corrected chi connectivity index (χ1v) is 20.1. The average molecular weight is 763 g/mol. The van der Waals surface area contributed by atoms with E-state index in [2.05, 4.69) is 79.3 Å². The van der Waals surface area contributed by atoms with E-state index in [1.807, 2.05) is 69.3 Å². The van der Waals surface area contributed by atoms with Gasteiger partial charge in [0, 0.05) is 24.8 Å². The summed E-state index contributed by atoms with van der Waals surface area (Å²) in [5.74, 6) is 2.52. The maximum atomic E-state index is 10.6. The number of rotatable bonds is 11. The van der Waals surface area contributed by atoms with Crippen molar-refractivity contribution < 1.29 is 27.2 Å². The number of pyridine rings is 2. The van der Waals surface area contributed by atoms with E-state index in [1.165, 1.54) is 26.8 Å². The Morgan fingerprint density at radius 1 is 0.537 bits per heavy atom. The van der Waals surface area contributed by atoms with Crippen molar-refractivity contribution in [2.75, 3.05) is 0 Å². The fourth-order valence-corrected chi connectivity index (χ4v) is 7.67. The van der Waals surface area contributed by atoms with Crippen LogP contribution >= 0.6 is 0 Å². The van der Waals surface area contributed by atoms with Crippen LogP contribution in [0.25, 0.3) is 0 Å². The van der Waals surface area contributed by atoms with Gasteiger partial charge in [0.2, 0.25) is 0 Å². The van der Waals surface area contributed by atoms with E-state index in [0.717, 1.165) is 33.9 Å². The summed E-state index contributed by atoms with van der Waals surface area (Å²) in [5.41, 5.74) is 2.89. The molecule has 0 aliphatic rings. The minimum Gasteiger partial charge on any atom is -0.744 e. The van der Waals surface area contributed by atoms with Crippen LogP contribution in [0.1, 0.15) is 58.2 Å². The number of hydrogen-bond donors (Lipinski definition) is 0. The van der Waals surface area contributed by atoms with Crippen molar-refractivity contribution in [3.63, 3.8) is 0 Å². The molecule has 4 aromatic carbocycles. The molecule has 10 heteroatoms. The highest BCUT2D eigenvalue weighted by Crippen LogP contribution is 2.34. The normalized spacial score (nSPS) is 11.7. The van der Waals surface area contributed by atoms with Crippen molar-refractivity contribution in [1.82, 2.24) is 9.97 Å². The average Bonchev–Trinajstić information content (AvgIpc) is 3.15. The fraction of sp³-hybridized carbons (Fsp3) is 0.227. The van der Waals surface area contributed by atoms with Crippen LogP contribution in [0.4, 0.5) is 0 Å². The van der Waals surface area contributed by atoms with Crippen molar-refractivity contribution >= 4 is 21.0 Å². The van der Waals surface area contributed by atoms with Crippen LogP contribution in [0, 0.1) is 0 Å². The third kappa shape index (κ3) is 12.2. The highest BCUT2D eigenvalue weighted by molar-refractivity contribution is 7.97. The Bertz CT molecular complexity index is 2060. The summed E-state index contributed by atoms with van der Waals surface area (Å²) in [6.45, 7) is 13.2. The lowest BCUT2D eigenvalue weighted by Crippen LogP contribution is -2.22. The van der Waals surface area contributed by atoms with Gasteiger partial charge in [-0.25, -0.2) is 8.42 Å². The van der Waals surface area contributed by atoms with Gasteiger partial charge < -0.3 is 18.8 Å². The summed E-state index contributed by atoms with van der Waals surface area (Å²) >= 11 is 0. The molecule has 2 heterocycles. The molecule has 6 aromatic rings. The Kier molecular flexibility index (Phi) is 13.2. The van der Waals surface area contributed by atoms with Gasteiger partial charge in [0.05, 0.1) is 15.8 Å². The second kappa shape index (κ2) is 17.8. The summed E-state index contributed by atoms with van der Waals surface area (Å²) in [6.07, 6.45) is 7.11. The number of hydrogen-bond acceptors (Lipinski definition) is 8. The van der Waals surface area contributed by atoms with Crippen molar-refractivity contribution in [2.24, 2.45) is 0 Å². The van der Waals surface area contributed by atoms with E-state index in [-0.39, 0.29) is 26.8 Å². The Morgan fingerprint density at radius 3 is 1.24 bits per heavy atom. The minimum atomic E-state index is -4.32. The molecule has 0 N–H and O–H groups in total. The lowest BCUT2D eigenvalue weighted by Gasteiger charge is -2.21. The zero-order chi connectivity index (χ0) is 38.8. The topological polar surface area (TPSA) is 111 Å². The molecule has 8 nitrogen and oxygen atoms in total. The Hall–Kier alpha value is -5.16. The fourth-order valence-electron chi connectivity index (χ4n) is 5.16. The number of aromatic nitrogens is 2. The van der Waals surface area contributed by atoms with E-state index in [4.69, 9.17) is 14.2 Å². The molecule has 0 radical (unpaired) electrons. The molecule has 0 saturated carbocycles. The Balaban J connectivity index is 0.000000338. The predicted molar refractivity (Wildman–Crippen MR) is 212 cm³/mol. The zero-order valence-corrected chi connectivity index (χ0v) is 33.1. The molecule has 0 aliphatic carbocycles. The molecule has 0 fully saturated rings. The van der Waals surface area contributed by atoms with Crippen molar-refractivity contribution in [2.45, 2.75) is 85.4 Å². The maximum absolute atomic E-state index is 10.6. The van der Waals surface area contributed by atoms with Gasteiger partial charge in [-0.3, -0.25) is 9.97 Å². The molecule has 0 saturated heterocycles. The summed E-state index contributed by atoms with van der Waals surface area (Å²) in [5, 5.41) is 0. The molecule has 0 amide bonds. The van der Waals surface area contributed by atoms with Gasteiger partial charge in [0.25, 0.3) is 0 Å². The third-order valence-electron chi connectivity index (χ3n) is 7.92.